The van der Waals surface area contributed by atoms with Gasteiger partial charge in [0.05, 0.1) is 16.8 Å². The van der Waals surface area contributed by atoms with E-state index in [4.69, 9.17) is 0 Å². The van der Waals surface area contributed by atoms with E-state index in [2.05, 4.69) is 11.9 Å². The molecule has 0 spiro atoms. The predicted molar refractivity (Wildman–Crippen MR) is 114 cm³/mol. The standard InChI is InChI=1S/C24H26N2O2/c1-2-3-4-5-6-11-16-26-20-15-10-8-13-18(20)21(24(26)28)22-23(27)17-12-7-9-14-19(17)25-22/h7-10,12-15,28H,2-6,11,16H2,1H3. The summed E-state index contributed by atoms with van der Waals surface area (Å²) >= 11 is 0. The molecular weight excluding hydrogens is 348 g/mol. The zero-order valence-corrected chi connectivity index (χ0v) is 16.3. The number of unbranched alkanes of at least 4 members (excludes halogenated alkanes) is 5. The molecule has 3 aromatic rings. The molecule has 4 rings (SSSR count). The molecule has 0 unspecified atom stereocenters. The summed E-state index contributed by atoms with van der Waals surface area (Å²) in [7, 11) is 0. The highest BCUT2D eigenvalue weighted by atomic mass is 16.3. The molecular formula is C24H26N2O2. The van der Waals surface area contributed by atoms with Crippen molar-refractivity contribution in [1.82, 2.24) is 4.57 Å². The third kappa shape index (κ3) is 3.24. The number of Topliss-reactive ketones (excluding diaryl/α,β-unsaturated/α-hetero) is 1. The quantitative estimate of drug-likeness (QED) is 0.490. The molecule has 1 N–H and O–H groups in total. The summed E-state index contributed by atoms with van der Waals surface area (Å²) in [6.45, 7) is 2.96. The van der Waals surface area contributed by atoms with Crippen molar-refractivity contribution >= 4 is 28.1 Å². The zero-order chi connectivity index (χ0) is 19.5. The number of carbonyl (C=O) groups excluding carboxylic acids is 1. The van der Waals surface area contributed by atoms with Crippen molar-refractivity contribution in [3.8, 4) is 5.88 Å². The molecule has 2 aromatic carbocycles. The molecule has 0 saturated carbocycles. The van der Waals surface area contributed by atoms with Crippen LogP contribution in [0, 0.1) is 0 Å². The van der Waals surface area contributed by atoms with E-state index in [-0.39, 0.29) is 11.7 Å². The van der Waals surface area contributed by atoms with Crippen LogP contribution in [0.3, 0.4) is 0 Å². The number of hydrogen-bond acceptors (Lipinski definition) is 3. The molecule has 28 heavy (non-hydrogen) atoms. The SMILES string of the molecule is CCCCCCCCn1c(O)c(C2=Nc3ccccc3C2=O)c2ccccc21. The predicted octanol–water partition coefficient (Wildman–Crippen LogP) is 6.02. The van der Waals surface area contributed by atoms with Crippen molar-refractivity contribution in [3.05, 3.63) is 59.7 Å². The lowest BCUT2D eigenvalue weighted by Gasteiger charge is -2.07. The number of aromatic nitrogens is 1. The molecule has 4 nitrogen and oxygen atoms in total. The molecule has 1 aliphatic heterocycles. The maximum atomic E-state index is 12.9. The number of aromatic hydroxyl groups is 1. The second-order valence-corrected chi connectivity index (χ2v) is 7.44. The van der Waals surface area contributed by atoms with Crippen LogP contribution in [-0.4, -0.2) is 21.2 Å². The molecule has 0 amide bonds. The van der Waals surface area contributed by atoms with Crippen LogP contribution in [0.5, 0.6) is 5.88 Å². The van der Waals surface area contributed by atoms with E-state index in [1.54, 1.807) is 6.07 Å². The van der Waals surface area contributed by atoms with E-state index in [1.165, 1.54) is 25.7 Å². The summed E-state index contributed by atoms with van der Waals surface area (Å²) in [5.74, 6) is 0.0306. The number of fused-ring (bicyclic) bond motifs is 2. The minimum Gasteiger partial charge on any atom is -0.494 e. The van der Waals surface area contributed by atoms with Gasteiger partial charge in [-0.1, -0.05) is 69.4 Å². The fraction of sp³-hybridized carbons (Fsp3) is 0.333. The Morgan fingerprint density at radius 3 is 2.46 bits per heavy atom. The van der Waals surface area contributed by atoms with Crippen molar-refractivity contribution in [2.75, 3.05) is 0 Å². The van der Waals surface area contributed by atoms with Gasteiger partial charge in [0.2, 0.25) is 11.7 Å². The van der Waals surface area contributed by atoms with Gasteiger partial charge >= 0.3 is 0 Å². The maximum Gasteiger partial charge on any atom is 0.214 e. The van der Waals surface area contributed by atoms with Crippen LogP contribution in [0.15, 0.2) is 53.5 Å². The lowest BCUT2D eigenvalue weighted by molar-refractivity contribution is 0.107. The number of hydrogen-bond donors (Lipinski definition) is 1. The zero-order valence-electron chi connectivity index (χ0n) is 16.3. The third-order valence-corrected chi connectivity index (χ3v) is 5.51. The minimum atomic E-state index is -0.117. The monoisotopic (exact) mass is 374 g/mol. The minimum absolute atomic E-state index is 0.117. The number of ketones is 1. The lowest BCUT2D eigenvalue weighted by atomic mass is 10.0. The van der Waals surface area contributed by atoms with Gasteiger partial charge in [0, 0.05) is 17.5 Å². The first-order valence-electron chi connectivity index (χ1n) is 10.3. The van der Waals surface area contributed by atoms with E-state index in [1.807, 2.05) is 47.0 Å². The summed E-state index contributed by atoms with van der Waals surface area (Å²) in [4.78, 5) is 17.5. The van der Waals surface area contributed by atoms with E-state index < -0.39 is 0 Å². The molecule has 2 heterocycles. The van der Waals surface area contributed by atoms with Gasteiger partial charge in [0.1, 0.15) is 5.71 Å². The van der Waals surface area contributed by atoms with E-state index >= 15 is 0 Å². The summed E-state index contributed by atoms with van der Waals surface area (Å²) < 4.78 is 1.93. The Hall–Kier alpha value is -2.88. The molecule has 0 radical (unpaired) electrons. The number of carbonyl (C=O) groups is 1. The van der Waals surface area contributed by atoms with Gasteiger partial charge < -0.3 is 9.67 Å². The molecule has 4 heteroatoms. The number of para-hydroxylation sites is 2. The molecule has 0 bridgehead atoms. The van der Waals surface area contributed by atoms with Crippen LogP contribution in [-0.2, 0) is 6.54 Å². The average Bonchev–Trinajstić information content (AvgIpc) is 3.19. The average molecular weight is 374 g/mol. The Morgan fingerprint density at radius 1 is 0.929 bits per heavy atom. The fourth-order valence-electron chi connectivity index (χ4n) is 4.03. The Morgan fingerprint density at radius 2 is 1.64 bits per heavy atom. The van der Waals surface area contributed by atoms with Crippen LogP contribution in [0.1, 0.15) is 61.4 Å². The first-order valence-corrected chi connectivity index (χ1v) is 10.3. The van der Waals surface area contributed by atoms with Crippen molar-refractivity contribution in [2.45, 2.75) is 52.0 Å². The van der Waals surface area contributed by atoms with Crippen LogP contribution in [0.2, 0.25) is 0 Å². The highest BCUT2D eigenvalue weighted by Crippen LogP contribution is 2.37. The third-order valence-electron chi connectivity index (χ3n) is 5.51. The normalized spacial score (nSPS) is 13.2. The lowest BCUT2D eigenvalue weighted by Crippen LogP contribution is -2.11. The number of benzene rings is 2. The van der Waals surface area contributed by atoms with Gasteiger partial charge in [-0.15, -0.1) is 0 Å². The van der Waals surface area contributed by atoms with Crippen molar-refractivity contribution in [2.24, 2.45) is 4.99 Å². The van der Waals surface area contributed by atoms with Crippen LogP contribution < -0.4 is 0 Å². The largest absolute Gasteiger partial charge is 0.494 e. The summed E-state index contributed by atoms with van der Waals surface area (Å²) in [6, 6.07) is 15.2. The van der Waals surface area contributed by atoms with E-state index in [0.29, 0.717) is 22.5 Å². The Labute approximate surface area is 165 Å². The van der Waals surface area contributed by atoms with Crippen LogP contribution in [0.4, 0.5) is 5.69 Å². The first-order chi connectivity index (χ1) is 13.7. The topological polar surface area (TPSA) is 54.6 Å². The Kier molecular flexibility index (Phi) is 5.29. The van der Waals surface area contributed by atoms with E-state index in [0.717, 1.165) is 30.3 Å². The summed E-state index contributed by atoms with van der Waals surface area (Å²) in [5, 5.41) is 11.9. The molecule has 0 aliphatic carbocycles. The molecule has 0 atom stereocenters. The molecule has 0 saturated heterocycles. The molecule has 144 valence electrons. The smallest absolute Gasteiger partial charge is 0.214 e. The Bertz CT molecular complexity index is 1050. The van der Waals surface area contributed by atoms with Gasteiger partial charge in [0.25, 0.3) is 0 Å². The van der Waals surface area contributed by atoms with Crippen molar-refractivity contribution in [1.29, 1.82) is 0 Å². The van der Waals surface area contributed by atoms with Gasteiger partial charge in [-0.25, -0.2) is 4.99 Å². The summed E-state index contributed by atoms with van der Waals surface area (Å²) in [6.07, 6.45) is 7.17. The molecule has 0 fully saturated rings. The van der Waals surface area contributed by atoms with Crippen molar-refractivity contribution in [3.63, 3.8) is 0 Å². The van der Waals surface area contributed by atoms with Gasteiger partial charge in [-0.3, -0.25) is 4.79 Å². The highest BCUT2D eigenvalue weighted by molar-refractivity contribution is 6.56. The first kappa shape index (κ1) is 18.5. The second kappa shape index (κ2) is 8.01. The highest BCUT2D eigenvalue weighted by Gasteiger charge is 2.31. The van der Waals surface area contributed by atoms with Gasteiger partial charge in [-0.05, 0) is 24.6 Å². The van der Waals surface area contributed by atoms with Gasteiger partial charge in [0.15, 0.2) is 0 Å². The molecule has 1 aromatic heterocycles. The van der Waals surface area contributed by atoms with Crippen LogP contribution in [0.25, 0.3) is 10.9 Å². The van der Waals surface area contributed by atoms with Gasteiger partial charge in [-0.2, -0.15) is 0 Å². The number of aryl methyl sites for hydroxylation is 1. The number of rotatable bonds is 8. The Balaban J connectivity index is 1.65. The van der Waals surface area contributed by atoms with E-state index in [9.17, 15) is 9.90 Å². The number of aliphatic imine (C=N–C) groups is 1. The number of nitrogens with zero attached hydrogens (tertiary/aromatic N) is 2. The maximum absolute atomic E-state index is 12.9. The molecule has 1 aliphatic rings. The van der Waals surface area contributed by atoms with Crippen LogP contribution >= 0.6 is 0 Å². The van der Waals surface area contributed by atoms with Crippen molar-refractivity contribution < 1.29 is 9.90 Å². The second-order valence-electron chi connectivity index (χ2n) is 7.44. The summed E-state index contributed by atoms with van der Waals surface area (Å²) in [5.41, 5.74) is 3.13. The fourth-order valence-corrected chi connectivity index (χ4v) is 4.03.